The van der Waals surface area contributed by atoms with Gasteiger partial charge in [0, 0.05) is 19.6 Å². The van der Waals surface area contributed by atoms with Crippen molar-refractivity contribution in [3.8, 4) is 6.07 Å². The molecule has 0 spiro atoms. The predicted octanol–water partition coefficient (Wildman–Crippen LogP) is -0.0154. The maximum absolute atomic E-state index is 11.3. The van der Waals surface area contributed by atoms with E-state index < -0.39 is 5.92 Å². The van der Waals surface area contributed by atoms with E-state index in [1.165, 1.54) is 0 Å². The first-order chi connectivity index (χ1) is 7.74. The van der Waals surface area contributed by atoms with Crippen LogP contribution in [0.15, 0.2) is 0 Å². The molecular weight excluding hydrogens is 206 g/mol. The van der Waals surface area contributed by atoms with Gasteiger partial charge in [-0.1, -0.05) is 0 Å². The van der Waals surface area contributed by atoms with Crippen molar-refractivity contribution < 1.29 is 9.53 Å². The monoisotopic (exact) mass is 225 g/mol. The number of carbonyl (C=O) groups excluding carboxylic acids is 1. The van der Waals surface area contributed by atoms with Gasteiger partial charge in [-0.2, -0.15) is 5.26 Å². The van der Waals surface area contributed by atoms with E-state index in [0.717, 1.165) is 39.3 Å². The number of nitrogens with zero attached hydrogens (tertiary/aromatic N) is 2. The van der Waals surface area contributed by atoms with E-state index in [4.69, 9.17) is 10.00 Å². The Kier molecular flexibility index (Phi) is 5.83. The molecule has 1 N–H and O–H groups in total. The molecule has 1 amide bonds. The lowest BCUT2D eigenvalue weighted by Crippen LogP contribution is -2.38. The average molecular weight is 225 g/mol. The first-order valence-corrected chi connectivity index (χ1v) is 5.71. The Hall–Kier alpha value is -1.12. The lowest BCUT2D eigenvalue weighted by atomic mass is 10.2. The summed E-state index contributed by atoms with van der Waals surface area (Å²) in [6.45, 7) is 6.78. The molecule has 1 heterocycles. The molecule has 0 aromatic carbocycles. The van der Waals surface area contributed by atoms with Gasteiger partial charge in [-0.05, 0) is 19.9 Å². The second kappa shape index (κ2) is 7.20. The third-order valence-electron chi connectivity index (χ3n) is 2.64. The second-order valence-corrected chi connectivity index (χ2v) is 3.95. The van der Waals surface area contributed by atoms with Crippen LogP contribution in [0.25, 0.3) is 0 Å². The summed E-state index contributed by atoms with van der Waals surface area (Å²) in [5, 5.41) is 11.3. The molecule has 1 aliphatic rings. The Balaban J connectivity index is 2.03. The number of nitriles is 1. The smallest absolute Gasteiger partial charge is 0.237 e. The molecule has 0 aliphatic carbocycles. The minimum atomic E-state index is -0.552. The van der Waals surface area contributed by atoms with Gasteiger partial charge in [0.2, 0.25) is 5.91 Å². The summed E-state index contributed by atoms with van der Waals surface area (Å²) in [5.74, 6) is -0.729. The Morgan fingerprint density at radius 3 is 2.88 bits per heavy atom. The standard InChI is InChI=1S/C11H19N3O2/c1-10(9-12)11(15)13-3-2-4-14-5-7-16-8-6-14/h10H,2-8H2,1H3,(H,13,15). The van der Waals surface area contributed by atoms with Crippen molar-refractivity contribution in [1.29, 1.82) is 5.26 Å². The van der Waals surface area contributed by atoms with Crippen LogP contribution in [-0.4, -0.2) is 50.2 Å². The second-order valence-electron chi connectivity index (χ2n) is 3.95. The molecule has 90 valence electrons. The van der Waals surface area contributed by atoms with Crippen LogP contribution in [0.2, 0.25) is 0 Å². The first kappa shape index (κ1) is 12.9. The number of carbonyl (C=O) groups is 1. The van der Waals surface area contributed by atoms with Gasteiger partial charge in [0.05, 0.1) is 19.3 Å². The van der Waals surface area contributed by atoms with Gasteiger partial charge >= 0.3 is 0 Å². The SMILES string of the molecule is CC(C#N)C(=O)NCCCN1CCOCC1. The molecule has 0 bridgehead atoms. The van der Waals surface area contributed by atoms with E-state index in [-0.39, 0.29) is 5.91 Å². The summed E-state index contributed by atoms with van der Waals surface area (Å²) in [5.41, 5.74) is 0. The summed E-state index contributed by atoms with van der Waals surface area (Å²) in [4.78, 5) is 13.6. The molecule has 0 aromatic rings. The summed E-state index contributed by atoms with van der Waals surface area (Å²) < 4.78 is 5.24. The minimum absolute atomic E-state index is 0.176. The number of hydrogen-bond donors (Lipinski definition) is 1. The van der Waals surface area contributed by atoms with E-state index in [0.29, 0.717) is 6.54 Å². The van der Waals surface area contributed by atoms with Crippen molar-refractivity contribution in [2.75, 3.05) is 39.4 Å². The molecule has 5 heteroatoms. The fraction of sp³-hybridized carbons (Fsp3) is 0.818. The van der Waals surface area contributed by atoms with Crippen LogP contribution < -0.4 is 5.32 Å². The molecule has 1 saturated heterocycles. The van der Waals surface area contributed by atoms with Gasteiger partial charge in [-0.15, -0.1) is 0 Å². The number of morpholine rings is 1. The normalized spacial score (nSPS) is 18.8. The van der Waals surface area contributed by atoms with E-state index in [1.807, 2.05) is 6.07 Å². The summed E-state index contributed by atoms with van der Waals surface area (Å²) in [6, 6.07) is 1.92. The van der Waals surface area contributed by atoms with Crippen molar-refractivity contribution >= 4 is 5.91 Å². The maximum atomic E-state index is 11.3. The van der Waals surface area contributed by atoms with Gasteiger partial charge in [-0.3, -0.25) is 9.69 Å². The Morgan fingerprint density at radius 2 is 2.25 bits per heavy atom. The minimum Gasteiger partial charge on any atom is -0.379 e. The van der Waals surface area contributed by atoms with Crippen LogP contribution in [-0.2, 0) is 9.53 Å². The molecule has 0 radical (unpaired) electrons. The van der Waals surface area contributed by atoms with Crippen molar-refractivity contribution in [2.24, 2.45) is 5.92 Å². The largest absolute Gasteiger partial charge is 0.379 e. The van der Waals surface area contributed by atoms with Crippen molar-refractivity contribution in [1.82, 2.24) is 10.2 Å². The summed E-state index contributed by atoms with van der Waals surface area (Å²) in [7, 11) is 0. The number of ether oxygens (including phenoxy) is 1. The van der Waals surface area contributed by atoms with Crippen molar-refractivity contribution in [2.45, 2.75) is 13.3 Å². The number of rotatable bonds is 5. The molecule has 1 fully saturated rings. The fourth-order valence-corrected chi connectivity index (χ4v) is 1.55. The third kappa shape index (κ3) is 4.60. The topological polar surface area (TPSA) is 65.4 Å². The average Bonchev–Trinajstić information content (AvgIpc) is 2.34. The Morgan fingerprint density at radius 1 is 1.56 bits per heavy atom. The molecule has 1 aliphatic heterocycles. The molecule has 0 saturated carbocycles. The van der Waals surface area contributed by atoms with E-state index in [9.17, 15) is 4.79 Å². The van der Waals surface area contributed by atoms with Gasteiger partial charge in [-0.25, -0.2) is 0 Å². The third-order valence-corrected chi connectivity index (χ3v) is 2.64. The van der Waals surface area contributed by atoms with E-state index in [1.54, 1.807) is 6.92 Å². The first-order valence-electron chi connectivity index (χ1n) is 5.71. The maximum Gasteiger partial charge on any atom is 0.237 e. The number of nitrogens with one attached hydrogen (secondary N) is 1. The highest BCUT2D eigenvalue weighted by molar-refractivity contribution is 5.80. The van der Waals surface area contributed by atoms with Crippen LogP contribution in [0.5, 0.6) is 0 Å². The fourth-order valence-electron chi connectivity index (χ4n) is 1.55. The lowest BCUT2D eigenvalue weighted by Gasteiger charge is -2.26. The quantitative estimate of drug-likeness (QED) is 0.668. The van der Waals surface area contributed by atoms with Gasteiger partial charge < -0.3 is 10.1 Å². The zero-order valence-electron chi connectivity index (χ0n) is 9.74. The molecular formula is C11H19N3O2. The number of amides is 1. The van der Waals surface area contributed by atoms with E-state index >= 15 is 0 Å². The zero-order valence-corrected chi connectivity index (χ0v) is 9.74. The highest BCUT2D eigenvalue weighted by Crippen LogP contribution is 1.97. The summed E-state index contributed by atoms with van der Waals surface area (Å²) >= 11 is 0. The predicted molar refractivity (Wildman–Crippen MR) is 59.7 cm³/mol. The molecule has 1 rings (SSSR count). The lowest BCUT2D eigenvalue weighted by molar-refractivity contribution is -0.122. The molecule has 16 heavy (non-hydrogen) atoms. The summed E-state index contributed by atoms with van der Waals surface area (Å²) in [6.07, 6.45) is 0.921. The molecule has 1 unspecified atom stereocenters. The van der Waals surface area contributed by atoms with Crippen molar-refractivity contribution in [3.63, 3.8) is 0 Å². The molecule has 0 aromatic heterocycles. The van der Waals surface area contributed by atoms with Crippen molar-refractivity contribution in [3.05, 3.63) is 0 Å². The van der Waals surface area contributed by atoms with Gasteiger partial charge in [0.25, 0.3) is 0 Å². The van der Waals surface area contributed by atoms with Crippen LogP contribution in [0.4, 0.5) is 0 Å². The highest BCUT2D eigenvalue weighted by atomic mass is 16.5. The van der Waals surface area contributed by atoms with Gasteiger partial charge in [0.1, 0.15) is 5.92 Å². The van der Waals surface area contributed by atoms with Crippen LogP contribution in [0.3, 0.4) is 0 Å². The van der Waals surface area contributed by atoms with Crippen LogP contribution in [0, 0.1) is 17.2 Å². The number of hydrogen-bond acceptors (Lipinski definition) is 4. The van der Waals surface area contributed by atoms with Crippen LogP contribution in [0.1, 0.15) is 13.3 Å². The van der Waals surface area contributed by atoms with E-state index in [2.05, 4.69) is 10.2 Å². The Bertz CT molecular complexity index is 256. The highest BCUT2D eigenvalue weighted by Gasteiger charge is 2.12. The van der Waals surface area contributed by atoms with Gasteiger partial charge in [0.15, 0.2) is 0 Å². The zero-order chi connectivity index (χ0) is 11.8. The Labute approximate surface area is 96.4 Å². The molecule has 5 nitrogen and oxygen atoms in total. The van der Waals surface area contributed by atoms with Crippen LogP contribution >= 0.6 is 0 Å². The molecule has 1 atom stereocenters.